The Morgan fingerprint density at radius 3 is 2.56 bits per heavy atom. The van der Waals surface area contributed by atoms with Crippen LogP contribution in [0.4, 0.5) is 8.78 Å². The van der Waals surface area contributed by atoms with E-state index in [2.05, 4.69) is 0 Å². The molecule has 1 atom stereocenters. The molecule has 0 aromatic heterocycles. The maximum Gasteiger partial charge on any atom is 0.282 e. The molecule has 1 rings (SSSR count). The molecule has 1 nitrogen and oxygen atoms in total. The van der Waals surface area contributed by atoms with Crippen molar-refractivity contribution in [1.29, 1.82) is 0 Å². The Morgan fingerprint density at radius 2 is 2.22 bits per heavy atom. The van der Waals surface area contributed by atoms with Crippen LogP contribution in [0.5, 0.6) is 0 Å². The third kappa shape index (κ3) is 1.55. The molecule has 0 spiro atoms. The predicted molar refractivity (Wildman–Crippen MR) is 32.9 cm³/mol. The van der Waals surface area contributed by atoms with Crippen molar-refractivity contribution >= 4 is 11.8 Å². The van der Waals surface area contributed by atoms with Crippen molar-refractivity contribution in [3.05, 3.63) is 0 Å². The number of hydrogen-bond acceptors (Lipinski definition) is 2. The lowest BCUT2D eigenvalue weighted by Gasteiger charge is -2.26. The van der Waals surface area contributed by atoms with Crippen molar-refractivity contribution in [1.82, 2.24) is 0 Å². The molecule has 0 radical (unpaired) electrons. The molecule has 1 heterocycles. The third-order valence-electron chi connectivity index (χ3n) is 1.32. The van der Waals surface area contributed by atoms with Gasteiger partial charge in [-0.05, 0) is 12.2 Å². The number of alkyl halides is 2. The van der Waals surface area contributed by atoms with E-state index in [9.17, 15) is 8.78 Å². The maximum atomic E-state index is 12.3. The topological polar surface area (TPSA) is 20.2 Å². The van der Waals surface area contributed by atoms with Crippen LogP contribution in [0.25, 0.3) is 0 Å². The van der Waals surface area contributed by atoms with E-state index in [4.69, 9.17) is 5.11 Å². The predicted octanol–water partition coefficient (Wildman–Crippen LogP) is 1.12. The molecule has 1 aliphatic heterocycles. The van der Waals surface area contributed by atoms with Gasteiger partial charge in [-0.2, -0.15) is 11.8 Å². The lowest BCUT2D eigenvalue weighted by Crippen LogP contribution is -2.39. The Labute approximate surface area is 56.4 Å². The van der Waals surface area contributed by atoms with Gasteiger partial charge in [0, 0.05) is 0 Å². The zero-order chi connectivity index (χ0) is 6.91. The molecule has 1 N–H and O–H groups in total. The fourth-order valence-corrected chi connectivity index (χ4v) is 1.71. The van der Waals surface area contributed by atoms with Gasteiger partial charge in [-0.3, -0.25) is 0 Å². The SMILES string of the molecule is OC1CCSCC1(F)F. The number of halogens is 2. The van der Waals surface area contributed by atoms with Gasteiger partial charge in [0.2, 0.25) is 0 Å². The molecule has 0 aliphatic carbocycles. The zero-order valence-corrected chi connectivity index (χ0v) is 5.63. The second kappa shape index (κ2) is 2.42. The molecule has 1 saturated heterocycles. The van der Waals surface area contributed by atoms with Crippen LogP contribution in [0, 0.1) is 0 Å². The Kier molecular flexibility index (Phi) is 1.96. The summed E-state index contributed by atoms with van der Waals surface area (Å²) in [6.45, 7) is 0. The second-order valence-corrected chi connectivity index (χ2v) is 3.22. The van der Waals surface area contributed by atoms with Crippen molar-refractivity contribution in [2.24, 2.45) is 0 Å². The average molecular weight is 154 g/mol. The van der Waals surface area contributed by atoms with Gasteiger partial charge in [0.25, 0.3) is 5.92 Å². The molecule has 0 aromatic carbocycles. The molecular formula is C5H8F2OS. The summed E-state index contributed by atoms with van der Waals surface area (Å²) in [6, 6.07) is 0. The first kappa shape index (κ1) is 7.28. The van der Waals surface area contributed by atoms with Crippen LogP contribution in [-0.4, -0.2) is 28.6 Å². The van der Waals surface area contributed by atoms with E-state index < -0.39 is 12.0 Å². The Balaban J connectivity index is 2.49. The Morgan fingerprint density at radius 1 is 1.56 bits per heavy atom. The highest BCUT2D eigenvalue weighted by atomic mass is 32.2. The smallest absolute Gasteiger partial charge is 0.282 e. The van der Waals surface area contributed by atoms with E-state index in [0.717, 1.165) is 0 Å². The zero-order valence-electron chi connectivity index (χ0n) is 4.81. The van der Waals surface area contributed by atoms with Crippen LogP contribution in [0.2, 0.25) is 0 Å². The largest absolute Gasteiger partial charge is 0.387 e. The molecule has 4 heteroatoms. The van der Waals surface area contributed by atoms with Gasteiger partial charge in [0.05, 0.1) is 5.75 Å². The Bertz CT molecular complexity index is 107. The quantitative estimate of drug-likeness (QED) is 0.564. The summed E-state index contributed by atoms with van der Waals surface area (Å²) in [5, 5.41) is 8.67. The number of aliphatic hydroxyl groups is 1. The van der Waals surface area contributed by atoms with Gasteiger partial charge in [0.1, 0.15) is 6.10 Å². The van der Waals surface area contributed by atoms with E-state index in [1.54, 1.807) is 0 Å². The van der Waals surface area contributed by atoms with E-state index >= 15 is 0 Å². The third-order valence-corrected chi connectivity index (χ3v) is 2.43. The minimum Gasteiger partial charge on any atom is -0.387 e. The number of hydrogen-bond donors (Lipinski definition) is 1. The molecule has 9 heavy (non-hydrogen) atoms. The monoisotopic (exact) mass is 154 g/mol. The van der Waals surface area contributed by atoms with Crippen molar-refractivity contribution in [2.75, 3.05) is 11.5 Å². The minimum atomic E-state index is -2.84. The molecule has 1 fully saturated rings. The summed E-state index contributed by atoms with van der Waals surface area (Å²) in [5.74, 6) is -2.42. The van der Waals surface area contributed by atoms with Gasteiger partial charge < -0.3 is 5.11 Å². The highest BCUT2D eigenvalue weighted by Crippen LogP contribution is 2.31. The summed E-state index contributed by atoms with van der Waals surface area (Å²) in [6.07, 6.45) is -1.18. The van der Waals surface area contributed by atoms with E-state index in [1.165, 1.54) is 11.8 Å². The van der Waals surface area contributed by atoms with Crippen LogP contribution in [0.3, 0.4) is 0 Å². The molecule has 1 unspecified atom stereocenters. The van der Waals surface area contributed by atoms with Crippen molar-refractivity contribution in [3.8, 4) is 0 Å². The fourth-order valence-electron chi connectivity index (χ4n) is 0.711. The first-order chi connectivity index (χ1) is 4.13. The standard InChI is InChI=1S/C5H8F2OS/c6-5(7)3-9-2-1-4(5)8/h4,8H,1-3H2. The molecule has 1 aliphatic rings. The fraction of sp³-hybridized carbons (Fsp3) is 1.00. The summed E-state index contributed by atoms with van der Waals surface area (Å²) >= 11 is 1.20. The van der Waals surface area contributed by atoms with E-state index in [0.29, 0.717) is 5.75 Å². The van der Waals surface area contributed by atoms with Crippen LogP contribution >= 0.6 is 11.8 Å². The lowest BCUT2D eigenvalue weighted by atomic mass is 10.1. The molecule has 54 valence electrons. The second-order valence-electron chi connectivity index (χ2n) is 2.12. The van der Waals surface area contributed by atoms with Crippen molar-refractivity contribution in [3.63, 3.8) is 0 Å². The number of rotatable bonds is 0. The summed E-state index contributed by atoms with van der Waals surface area (Å²) in [4.78, 5) is 0. The summed E-state index contributed by atoms with van der Waals surface area (Å²) in [7, 11) is 0. The van der Waals surface area contributed by atoms with Crippen LogP contribution in [-0.2, 0) is 0 Å². The lowest BCUT2D eigenvalue weighted by molar-refractivity contribution is -0.0924. The summed E-state index contributed by atoms with van der Waals surface area (Å²) < 4.78 is 24.7. The molecule has 0 amide bonds. The van der Waals surface area contributed by atoms with Gasteiger partial charge in [-0.15, -0.1) is 0 Å². The van der Waals surface area contributed by atoms with Gasteiger partial charge in [-0.1, -0.05) is 0 Å². The maximum absolute atomic E-state index is 12.3. The van der Waals surface area contributed by atoms with Crippen LogP contribution < -0.4 is 0 Å². The Hall–Kier alpha value is 0.170. The highest BCUT2D eigenvalue weighted by Gasteiger charge is 2.40. The number of thioether (sulfide) groups is 1. The first-order valence-electron chi connectivity index (χ1n) is 2.76. The molecule has 0 aromatic rings. The minimum absolute atomic E-state index is 0.220. The average Bonchev–Trinajstić information content (AvgIpc) is 1.77. The number of aliphatic hydroxyl groups excluding tert-OH is 1. The highest BCUT2D eigenvalue weighted by molar-refractivity contribution is 7.99. The van der Waals surface area contributed by atoms with Crippen LogP contribution in [0.1, 0.15) is 6.42 Å². The van der Waals surface area contributed by atoms with E-state index in [-0.39, 0.29) is 12.2 Å². The summed E-state index contributed by atoms with van der Waals surface area (Å²) in [5.41, 5.74) is 0. The first-order valence-corrected chi connectivity index (χ1v) is 3.92. The van der Waals surface area contributed by atoms with E-state index in [1.807, 2.05) is 0 Å². The molecule has 0 bridgehead atoms. The van der Waals surface area contributed by atoms with Gasteiger partial charge >= 0.3 is 0 Å². The van der Waals surface area contributed by atoms with Crippen LogP contribution in [0.15, 0.2) is 0 Å². The van der Waals surface area contributed by atoms with Crippen molar-refractivity contribution in [2.45, 2.75) is 18.4 Å². The molecular weight excluding hydrogens is 146 g/mol. The van der Waals surface area contributed by atoms with Gasteiger partial charge in [0.15, 0.2) is 0 Å². The van der Waals surface area contributed by atoms with Gasteiger partial charge in [-0.25, -0.2) is 8.78 Å². The normalized spacial score (nSPS) is 34.3. The molecule has 0 saturated carbocycles. The van der Waals surface area contributed by atoms with Crippen molar-refractivity contribution < 1.29 is 13.9 Å².